The molecule has 0 spiro atoms. The molecule has 84 heavy (non-hydrogen) atoms. The fourth-order valence-corrected chi connectivity index (χ4v) is 14.3. The van der Waals surface area contributed by atoms with Crippen LogP contribution in [0.1, 0.15) is 483 Å². The van der Waals surface area contributed by atoms with Gasteiger partial charge in [0.2, 0.25) is 0 Å². The fraction of sp³-hybridized carbons (Fsp3) is 1.00. The van der Waals surface area contributed by atoms with Crippen LogP contribution in [0.2, 0.25) is 0 Å². The maximum atomic E-state index is 2.83. The third kappa shape index (κ3) is 66.3. The quantitative estimate of drug-likeness (QED) is 0.0562. The standard InChI is InChI=1S/C81H165N3/c1-4-7-10-13-16-19-22-25-28-31-34-37-40-43-46-49-52-55-58-61-64-67-70-73-76-82-79-83(77-74-71-68-65-62-59-56-53-50-47-44-41-38-35-32-29-26-23-20-17-14-11-8-5-2)81-84(80-82)78-75-72-69-66-63-60-57-54-51-48-45-42-39-36-33-30-27-24-21-18-15-12-9-6-3/h4-81H2,1-3H3. The van der Waals surface area contributed by atoms with E-state index >= 15 is 0 Å². The van der Waals surface area contributed by atoms with Crippen LogP contribution >= 0.6 is 0 Å². The van der Waals surface area contributed by atoms with Crippen LogP contribution in [0.15, 0.2) is 0 Å². The molecule has 1 saturated heterocycles. The summed E-state index contributed by atoms with van der Waals surface area (Å²) in [6.45, 7) is 14.5. The van der Waals surface area contributed by atoms with Crippen molar-refractivity contribution >= 4 is 0 Å². The molecule has 3 heteroatoms. The molecule has 1 rings (SSSR count). The summed E-state index contributed by atoms with van der Waals surface area (Å²) in [5.41, 5.74) is 0. The monoisotopic (exact) mass is 1180 g/mol. The van der Waals surface area contributed by atoms with Gasteiger partial charge >= 0.3 is 0 Å². The Balaban J connectivity index is 2.15. The highest BCUT2D eigenvalue weighted by molar-refractivity contribution is 4.71. The molecule has 0 aromatic heterocycles. The van der Waals surface area contributed by atoms with Crippen molar-refractivity contribution in [3.63, 3.8) is 0 Å². The minimum atomic E-state index is 1.22. The smallest absolute Gasteiger partial charge is 0.0529 e. The van der Waals surface area contributed by atoms with E-state index in [-0.39, 0.29) is 0 Å². The number of hydrogen-bond donors (Lipinski definition) is 0. The Labute approximate surface area is 534 Å². The summed E-state index contributed by atoms with van der Waals surface area (Å²) in [6.07, 6.45) is 106. The summed E-state index contributed by atoms with van der Waals surface area (Å²) >= 11 is 0. The summed E-state index contributed by atoms with van der Waals surface area (Å²) in [5.74, 6) is 0. The lowest BCUT2D eigenvalue weighted by Gasteiger charge is -2.42. The van der Waals surface area contributed by atoms with E-state index in [1.165, 1.54) is 502 Å². The van der Waals surface area contributed by atoms with Crippen molar-refractivity contribution in [2.45, 2.75) is 483 Å². The van der Waals surface area contributed by atoms with Gasteiger partial charge in [-0.1, -0.05) is 464 Å². The van der Waals surface area contributed by atoms with E-state index in [9.17, 15) is 0 Å². The summed E-state index contributed by atoms with van der Waals surface area (Å²) in [6, 6.07) is 0. The Morgan fingerprint density at radius 2 is 0.202 bits per heavy atom. The Bertz CT molecular complexity index is 996. The molecule has 0 unspecified atom stereocenters. The van der Waals surface area contributed by atoms with Crippen molar-refractivity contribution in [1.29, 1.82) is 0 Å². The summed E-state index contributed by atoms with van der Waals surface area (Å²) in [5, 5.41) is 0. The highest BCUT2D eigenvalue weighted by atomic mass is 15.5. The van der Waals surface area contributed by atoms with Gasteiger partial charge in [-0.2, -0.15) is 0 Å². The third-order valence-electron chi connectivity index (χ3n) is 20.2. The number of hydrogen-bond acceptors (Lipinski definition) is 3. The molecule has 0 N–H and O–H groups in total. The van der Waals surface area contributed by atoms with Crippen LogP contribution < -0.4 is 0 Å². The van der Waals surface area contributed by atoms with Crippen molar-refractivity contribution in [2.24, 2.45) is 0 Å². The summed E-state index contributed by atoms with van der Waals surface area (Å²) < 4.78 is 0. The van der Waals surface area contributed by atoms with Crippen molar-refractivity contribution in [3.8, 4) is 0 Å². The maximum Gasteiger partial charge on any atom is 0.0529 e. The van der Waals surface area contributed by atoms with Gasteiger partial charge in [-0.25, -0.2) is 0 Å². The normalized spacial score (nSPS) is 13.6. The minimum Gasteiger partial charge on any atom is -0.277 e. The largest absolute Gasteiger partial charge is 0.277 e. The van der Waals surface area contributed by atoms with Crippen LogP contribution in [-0.2, 0) is 0 Å². The summed E-state index contributed by atoms with van der Waals surface area (Å²) in [7, 11) is 0. The van der Waals surface area contributed by atoms with Gasteiger partial charge < -0.3 is 0 Å². The molecule has 0 radical (unpaired) electrons. The molecule has 1 fully saturated rings. The topological polar surface area (TPSA) is 9.72 Å². The van der Waals surface area contributed by atoms with E-state index in [2.05, 4.69) is 35.5 Å². The zero-order valence-corrected chi connectivity index (χ0v) is 59.5. The van der Waals surface area contributed by atoms with Crippen LogP contribution in [0.5, 0.6) is 0 Å². The molecule has 0 aliphatic carbocycles. The fourth-order valence-electron chi connectivity index (χ4n) is 14.3. The molecule has 504 valence electrons. The first-order valence-electron chi connectivity index (χ1n) is 41.0. The number of nitrogens with zero attached hydrogens (tertiary/aromatic N) is 3. The van der Waals surface area contributed by atoms with Crippen LogP contribution in [0, 0.1) is 0 Å². The first kappa shape index (κ1) is 81.9. The first-order valence-corrected chi connectivity index (χ1v) is 41.0. The van der Waals surface area contributed by atoms with Gasteiger partial charge in [-0.15, -0.1) is 0 Å². The minimum absolute atomic E-state index is 1.22. The number of rotatable bonds is 75. The van der Waals surface area contributed by atoms with Crippen molar-refractivity contribution in [1.82, 2.24) is 14.7 Å². The second-order valence-corrected chi connectivity index (χ2v) is 29.0. The lowest BCUT2D eigenvalue weighted by Crippen LogP contribution is -2.55. The second-order valence-electron chi connectivity index (χ2n) is 29.0. The van der Waals surface area contributed by atoms with Crippen LogP contribution in [0.3, 0.4) is 0 Å². The van der Waals surface area contributed by atoms with E-state index < -0.39 is 0 Å². The Hall–Kier alpha value is -0.120. The van der Waals surface area contributed by atoms with Gasteiger partial charge in [0.1, 0.15) is 0 Å². The number of unbranched alkanes of at least 4 members (excludes halogenated alkanes) is 69. The van der Waals surface area contributed by atoms with E-state index in [1.807, 2.05) is 0 Å². The lowest BCUT2D eigenvalue weighted by atomic mass is 10.0. The zero-order valence-electron chi connectivity index (χ0n) is 59.5. The zero-order chi connectivity index (χ0) is 59.9. The van der Waals surface area contributed by atoms with Crippen LogP contribution in [-0.4, -0.2) is 54.3 Å². The average molecular weight is 1180 g/mol. The van der Waals surface area contributed by atoms with E-state index in [4.69, 9.17) is 0 Å². The van der Waals surface area contributed by atoms with Gasteiger partial charge in [0.15, 0.2) is 0 Å². The molecule has 0 atom stereocenters. The van der Waals surface area contributed by atoms with E-state index in [0.717, 1.165) is 0 Å². The van der Waals surface area contributed by atoms with Crippen molar-refractivity contribution in [2.75, 3.05) is 39.6 Å². The highest BCUT2D eigenvalue weighted by Crippen LogP contribution is 2.21. The molecule has 1 aliphatic rings. The Kier molecular flexibility index (Phi) is 71.8. The first-order chi connectivity index (χ1) is 41.8. The lowest BCUT2D eigenvalue weighted by molar-refractivity contribution is -0.0312. The predicted molar refractivity (Wildman–Crippen MR) is 384 cm³/mol. The molecule has 0 saturated carbocycles. The van der Waals surface area contributed by atoms with Crippen molar-refractivity contribution < 1.29 is 0 Å². The molecular formula is C81H165N3. The molecule has 0 aromatic rings. The van der Waals surface area contributed by atoms with E-state index in [0.29, 0.717) is 0 Å². The van der Waals surface area contributed by atoms with Crippen LogP contribution in [0.25, 0.3) is 0 Å². The Morgan fingerprint density at radius 1 is 0.119 bits per heavy atom. The maximum absolute atomic E-state index is 2.83. The van der Waals surface area contributed by atoms with Gasteiger partial charge in [-0.3, -0.25) is 14.7 Å². The molecule has 0 bridgehead atoms. The SMILES string of the molecule is CCCCCCCCCCCCCCCCCCCCCCCCCCN1CN(CCCCCCCCCCCCCCCCCCCCCCCCCC)CN(CCCCCCCCCCCCCCCCCCCCCCCCCC)C1. The molecule has 3 nitrogen and oxygen atoms in total. The van der Waals surface area contributed by atoms with Gasteiger partial charge in [0.05, 0.1) is 20.0 Å². The molecule has 1 aliphatic heterocycles. The van der Waals surface area contributed by atoms with Gasteiger partial charge in [-0.05, 0) is 19.3 Å². The van der Waals surface area contributed by atoms with Gasteiger partial charge in [0.25, 0.3) is 0 Å². The average Bonchev–Trinajstić information content (AvgIpc) is 3.57. The van der Waals surface area contributed by atoms with Crippen LogP contribution in [0.4, 0.5) is 0 Å². The van der Waals surface area contributed by atoms with E-state index in [1.54, 1.807) is 0 Å². The Morgan fingerprint density at radius 3 is 0.298 bits per heavy atom. The van der Waals surface area contributed by atoms with Crippen molar-refractivity contribution in [3.05, 3.63) is 0 Å². The molecular weight excluding hydrogens is 1010 g/mol. The summed E-state index contributed by atoms with van der Waals surface area (Å²) in [4.78, 5) is 8.50. The molecule has 0 aromatic carbocycles. The predicted octanol–water partition coefficient (Wildman–Crippen LogP) is 28.9. The molecule has 1 heterocycles. The third-order valence-corrected chi connectivity index (χ3v) is 20.2. The highest BCUT2D eigenvalue weighted by Gasteiger charge is 2.22. The van der Waals surface area contributed by atoms with Gasteiger partial charge in [0, 0.05) is 19.6 Å². The molecule has 0 amide bonds. The second kappa shape index (κ2) is 73.6.